The summed E-state index contributed by atoms with van der Waals surface area (Å²) < 4.78 is 0. The summed E-state index contributed by atoms with van der Waals surface area (Å²) in [6, 6.07) is 7.30. The SMILES string of the molecule is Nc1ccc(-c2c[nH]c(=O)[nH]2)cc1. The van der Waals surface area contributed by atoms with Crippen molar-refractivity contribution in [3.63, 3.8) is 0 Å². The average molecular weight is 175 g/mol. The molecule has 0 aliphatic carbocycles. The molecule has 0 spiro atoms. The first-order valence-electron chi connectivity index (χ1n) is 3.89. The van der Waals surface area contributed by atoms with Gasteiger partial charge in [-0.2, -0.15) is 0 Å². The number of hydrogen-bond donors (Lipinski definition) is 3. The third kappa shape index (κ3) is 1.46. The molecule has 66 valence electrons. The molecule has 0 fully saturated rings. The average Bonchev–Trinajstić information content (AvgIpc) is 2.53. The number of anilines is 1. The third-order valence-electron chi connectivity index (χ3n) is 1.82. The van der Waals surface area contributed by atoms with E-state index in [4.69, 9.17) is 5.73 Å². The molecule has 0 unspecified atom stereocenters. The standard InChI is InChI=1S/C9H9N3O/c10-7-3-1-6(2-4-7)8-5-11-9(13)12-8/h1-5H,10H2,(H2,11,12,13). The number of benzene rings is 1. The Morgan fingerprint density at radius 2 is 1.85 bits per heavy atom. The van der Waals surface area contributed by atoms with Crippen molar-refractivity contribution in [3.05, 3.63) is 40.9 Å². The Morgan fingerprint density at radius 3 is 2.38 bits per heavy atom. The van der Waals surface area contributed by atoms with Crippen LogP contribution in [0.2, 0.25) is 0 Å². The van der Waals surface area contributed by atoms with E-state index in [-0.39, 0.29) is 5.69 Å². The lowest BCUT2D eigenvalue weighted by molar-refractivity contribution is 1.19. The molecule has 2 rings (SSSR count). The molecule has 1 heterocycles. The molecular weight excluding hydrogens is 166 g/mol. The van der Waals surface area contributed by atoms with Crippen molar-refractivity contribution in [3.8, 4) is 11.3 Å². The van der Waals surface area contributed by atoms with Crippen LogP contribution in [0, 0.1) is 0 Å². The van der Waals surface area contributed by atoms with Gasteiger partial charge in [-0.15, -0.1) is 0 Å². The van der Waals surface area contributed by atoms with Crippen molar-refractivity contribution in [2.24, 2.45) is 0 Å². The van der Waals surface area contributed by atoms with E-state index in [2.05, 4.69) is 9.97 Å². The quantitative estimate of drug-likeness (QED) is 0.564. The number of aromatic nitrogens is 2. The van der Waals surface area contributed by atoms with E-state index in [9.17, 15) is 4.79 Å². The minimum Gasteiger partial charge on any atom is -0.399 e. The number of imidazole rings is 1. The highest BCUT2D eigenvalue weighted by Gasteiger charge is 1.98. The smallest absolute Gasteiger partial charge is 0.323 e. The van der Waals surface area contributed by atoms with Crippen LogP contribution in [0.25, 0.3) is 11.3 Å². The zero-order valence-electron chi connectivity index (χ0n) is 6.87. The summed E-state index contributed by atoms with van der Waals surface area (Å²) >= 11 is 0. The van der Waals surface area contributed by atoms with Crippen molar-refractivity contribution in [1.29, 1.82) is 0 Å². The molecule has 4 nitrogen and oxygen atoms in total. The van der Waals surface area contributed by atoms with Gasteiger partial charge < -0.3 is 15.7 Å². The first-order chi connectivity index (χ1) is 6.25. The second kappa shape index (κ2) is 2.82. The van der Waals surface area contributed by atoms with Crippen molar-refractivity contribution < 1.29 is 0 Å². The van der Waals surface area contributed by atoms with E-state index in [1.165, 1.54) is 0 Å². The van der Waals surface area contributed by atoms with Gasteiger partial charge in [0, 0.05) is 11.9 Å². The number of hydrogen-bond acceptors (Lipinski definition) is 2. The van der Waals surface area contributed by atoms with E-state index in [0.717, 1.165) is 11.3 Å². The summed E-state index contributed by atoms with van der Waals surface area (Å²) in [4.78, 5) is 16.0. The van der Waals surface area contributed by atoms with E-state index >= 15 is 0 Å². The second-order valence-electron chi connectivity index (χ2n) is 2.78. The Bertz CT molecular complexity index is 452. The Kier molecular flexibility index (Phi) is 1.66. The number of nitrogen functional groups attached to an aromatic ring is 1. The van der Waals surface area contributed by atoms with Gasteiger partial charge in [-0.1, -0.05) is 12.1 Å². The lowest BCUT2D eigenvalue weighted by Crippen LogP contribution is -1.99. The Labute approximate surface area is 74.4 Å². The van der Waals surface area contributed by atoms with Gasteiger partial charge in [0.15, 0.2) is 0 Å². The topological polar surface area (TPSA) is 74.7 Å². The van der Waals surface area contributed by atoms with Gasteiger partial charge in [-0.05, 0) is 17.7 Å². The summed E-state index contributed by atoms with van der Waals surface area (Å²) in [6.45, 7) is 0. The van der Waals surface area contributed by atoms with Gasteiger partial charge >= 0.3 is 5.69 Å². The fraction of sp³-hybridized carbons (Fsp3) is 0. The van der Waals surface area contributed by atoms with Crippen molar-refractivity contribution in [2.75, 3.05) is 5.73 Å². The molecule has 0 saturated heterocycles. The largest absolute Gasteiger partial charge is 0.399 e. The van der Waals surface area contributed by atoms with Crippen LogP contribution in [0.3, 0.4) is 0 Å². The van der Waals surface area contributed by atoms with Crippen LogP contribution >= 0.6 is 0 Å². The fourth-order valence-corrected chi connectivity index (χ4v) is 1.15. The van der Waals surface area contributed by atoms with Crippen LogP contribution in [0.5, 0.6) is 0 Å². The number of nitrogens with two attached hydrogens (primary N) is 1. The van der Waals surface area contributed by atoms with Crippen molar-refractivity contribution >= 4 is 5.69 Å². The highest BCUT2D eigenvalue weighted by atomic mass is 16.1. The van der Waals surface area contributed by atoms with Crippen molar-refractivity contribution in [1.82, 2.24) is 9.97 Å². The molecule has 13 heavy (non-hydrogen) atoms. The third-order valence-corrected chi connectivity index (χ3v) is 1.82. The minimum atomic E-state index is -0.202. The molecule has 0 amide bonds. The molecule has 2 aromatic rings. The Balaban J connectivity index is 2.47. The maximum Gasteiger partial charge on any atom is 0.323 e. The number of H-pyrrole nitrogens is 2. The number of rotatable bonds is 1. The van der Waals surface area contributed by atoms with Gasteiger partial charge in [0.1, 0.15) is 0 Å². The zero-order valence-corrected chi connectivity index (χ0v) is 6.87. The fourth-order valence-electron chi connectivity index (χ4n) is 1.15. The summed E-state index contributed by atoms with van der Waals surface area (Å²) in [5.41, 5.74) is 7.74. The highest BCUT2D eigenvalue weighted by molar-refractivity contribution is 5.60. The predicted molar refractivity (Wildman–Crippen MR) is 51.3 cm³/mol. The second-order valence-corrected chi connectivity index (χ2v) is 2.78. The first-order valence-corrected chi connectivity index (χ1v) is 3.89. The van der Waals surface area contributed by atoms with Gasteiger partial charge in [0.25, 0.3) is 0 Å². The van der Waals surface area contributed by atoms with Crippen LogP contribution in [-0.2, 0) is 0 Å². The Hall–Kier alpha value is -1.97. The molecule has 0 aliphatic heterocycles. The Morgan fingerprint density at radius 1 is 1.15 bits per heavy atom. The predicted octanol–water partition coefficient (Wildman–Crippen LogP) is 0.952. The summed E-state index contributed by atoms with van der Waals surface area (Å²) in [5.74, 6) is 0. The molecule has 0 bridgehead atoms. The van der Waals surface area contributed by atoms with E-state index in [1.807, 2.05) is 12.1 Å². The minimum absolute atomic E-state index is 0.202. The van der Waals surface area contributed by atoms with Gasteiger partial charge in [-0.25, -0.2) is 4.79 Å². The molecule has 1 aromatic heterocycles. The number of nitrogens with one attached hydrogen (secondary N) is 2. The molecule has 0 saturated carbocycles. The summed E-state index contributed by atoms with van der Waals surface area (Å²) in [6.07, 6.45) is 1.63. The molecule has 0 radical (unpaired) electrons. The van der Waals surface area contributed by atoms with Gasteiger partial charge in [0.05, 0.1) is 5.69 Å². The number of aromatic amines is 2. The van der Waals surface area contributed by atoms with Crippen LogP contribution in [-0.4, -0.2) is 9.97 Å². The lowest BCUT2D eigenvalue weighted by Gasteiger charge is -1.96. The zero-order chi connectivity index (χ0) is 9.26. The van der Waals surface area contributed by atoms with Crippen LogP contribution in [0.4, 0.5) is 5.69 Å². The first kappa shape index (κ1) is 7.67. The van der Waals surface area contributed by atoms with E-state index in [1.54, 1.807) is 18.3 Å². The molecule has 1 aromatic carbocycles. The van der Waals surface area contributed by atoms with Crippen molar-refractivity contribution in [2.45, 2.75) is 0 Å². The molecule has 4 N–H and O–H groups in total. The van der Waals surface area contributed by atoms with Crippen LogP contribution in [0.15, 0.2) is 35.3 Å². The normalized spacial score (nSPS) is 10.2. The molecule has 0 aliphatic rings. The summed E-state index contributed by atoms with van der Waals surface area (Å²) in [7, 11) is 0. The van der Waals surface area contributed by atoms with Crippen LogP contribution in [0.1, 0.15) is 0 Å². The van der Waals surface area contributed by atoms with Gasteiger partial charge in [-0.3, -0.25) is 0 Å². The van der Waals surface area contributed by atoms with Gasteiger partial charge in [0.2, 0.25) is 0 Å². The molecule has 0 atom stereocenters. The molecular formula is C9H9N3O. The van der Waals surface area contributed by atoms with Crippen LogP contribution < -0.4 is 11.4 Å². The maximum atomic E-state index is 10.8. The van der Waals surface area contributed by atoms with E-state index < -0.39 is 0 Å². The van der Waals surface area contributed by atoms with E-state index in [0.29, 0.717) is 5.69 Å². The summed E-state index contributed by atoms with van der Waals surface area (Å²) in [5, 5.41) is 0. The molecule has 4 heteroatoms. The maximum absolute atomic E-state index is 10.8. The monoisotopic (exact) mass is 175 g/mol. The highest BCUT2D eigenvalue weighted by Crippen LogP contribution is 2.15. The lowest BCUT2D eigenvalue weighted by atomic mass is 10.1.